The average molecular weight is 363 g/mol. The van der Waals surface area contributed by atoms with E-state index in [0.717, 1.165) is 24.9 Å². The summed E-state index contributed by atoms with van der Waals surface area (Å²) in [7, 11) is 0. The molecule has 2 aliphatic heterocycles. The van der Waals surface area contributed by atoms with Crippen molar-refractivity contribution in [3.8, 4) is 0 Å². The number of piperidine rings is 1. The maximum Gasteiger partial charge on any atom is 0.236 e. The minimum absolute atomic E-state index is 0.0434. The Morgan fingerprint density at radius 3 is 2.73 bits per heavy atom. The topological polar surface area (TPSA) is 61.9 Å². The highest BCUT2D eigenvalue weighted by Crippen LogP contribution is 2.22. The second kappa shape index (κ2) is 8.60. The number of morpholine rings is 1. The number of ether oxygens (including phenoxy) is 1. The molecule has 0 aliphatic carbocycles. The Hall–Kier alpha value is -1.99. The fourth-order valence-electron chi connectivity index (χ4n) is 3.63. The van der Waals surface area contributed by atoms with Gasteiger partial charge in [0.15, 0.2) is 0 Å². The standard InChI is InChI=1S/C19H26FN3O3/c1-14(24)21-17-3-2-8-23(11-17)19(25)13-22-9-10-26-18(12-22)15-4-6-16(20)7-5-15/h4-7,17-18H,2-3,8-13H2,1H3,(H,21,24). The molecular formula is C19H26FN3O3. The molecule has 0 aromatic heterocycles. The zero-order chi connectivity index (χ0) is 18.5. The summed E-state index contributed by atoms with van der Waals surface area (Å²) in [6.45, 7) is 5.01. The molecule has 2 fully saturated rings. The van der Waals surface area contributed by atoms with E-state index in [-0.39, 0.29) is 29.8 Å². The van der Waals surface area contributed by atoms with E-state index in [4.69, 9.17) is 4.74 Å². The van der Waals surface area contributed by atoms with E-state index in [1.165, 1.54) is 19.1 Å². The summed E-state index contributed by atoms with van der Waals surface area (Å²) in [6.07, 6.45) is 1.66. The molecule has 2 unspecified atom stereocenters. The number of nitrogens with zero attached hydrogens (tertiary/aromatic N) is 2. The van der Waals surface area contributed by atoms with Crippen molar-refractivity contribution in [2.45, 2.75) is 31.9 Å². The number of carbonyl (C=O) groups is 2. The number of halogens is 1. The van der Waals surface area contributed by atoms with Gasteiger partial charge in [-0.1, -0.05) is 12.1 Å². The van der Waals surface area contributed by atoms with Crippen LogP contribution in [0.1, 0.15) is 31.4 Å². The Labute approximate surface area is 153 Å². The van der Waals surface area contributed by atoms with Crippen LogP contribution in [0.15, 0.2) is 24.3 Å². The molecule has 1 aromatic rings. The van der Waals surface area contributed by atoms with E-state index >= 15 is 0 Å². The normalized spacial score (nSPS) is 24.3. The van der Waals surface area contributed by atoms with Crippen molar-refractivity contribution in [3.63, 3.8) is 0 Å². The van der Waals surface area contributed by atoms with Gasteiger partial charge in [-0.15, -0.1) is 0 Å². The van der Waals surface area contributed by atoms with Gasteiger partial charge in [-0.3, -0.25) is 14.5 Å². The minimum atomic E-state index is -0.268. The molecule has 1 N–H and O–H groups in total. The summed E-state index contributed by atoms with van der Waals surface area (Å²) in [5, 5.41) is 2.91. The van der Waals surface area contributed by atoms with Gasteiger partial charge < -0.3 is 15.0 Å². The predicted octanol–water partition coefficient (Wildman–Crippen LogP) is 1.33. The Morgan fingerprint density at radius 1 is 1.23 bits per heavy atom. The van der Waals surface area contributed by atoms with Crippen molar-refractivity contribution in [1.29, 1.82) is 0 Å². The lowest BCUT2D eigenvalue weighted by atomic mass is 10.1. The third kappa shape index (κ3) is 5.02. The Bertz CT molecular complexity index is 637. The largest absolute Gasteiger partial charge is 0.371 e. The van der Waals surface area contributed by atoms with Crippen molar-refractivity contribution < 1.29 is 18.7 Å². The third-order valence-corrected chi connectivity index (χ3v) is 4.93. The van der Waals surface area contributed by atoms with Gasteiger partial charge in [0, 0.05) is 39.1 Å². The van der Waals surface area contributed by atoms with Crippen molar-refractivity contribution in [1.82, 2.24) is 15.1 Å². The number of amides is 2. The van der Waals surface area contributed by atoms with Crippen LogP contribution < -0.4 is 5.32 Å². The molecular weight excluding hydrogens is 337 g/mol. The number of benzene rings is 1. The molecule has 26 heavy (non-hydrogen) atoms. The van der Waals surface area contributed by atoms with Crippen LogP contribution in [0.2, 0.25) is 0 Å². The van der Waals surface area contributed by atoms with E-state index in [1.807, 2.05) is 4.90 Å². The van der Waals surface area contributed by atoms with Crippen molar-refractivity contribution in [2.75, 3.05) is 39.3 Å². The van der Waals surface area contributed by atoms with Crippen LogP contribution in [0.25, 0.3) is 0 Å². The number of rotatable bonds is 4. The SMILES string of the molecule is CC(=O)NC1CCCN(C(=O)CN2CCOC(c3ccc(F)cc3)C2)C1. The summed E-state index contributed by atoms with van der Waals surface area (Å²) in [4.78, 5) is 27.8. The summed E-state index contributed by atoms with van der Waals surface area (Å²) >= 11 is 0. The molecule has 3 rings (SSSR count). The molecule has 6 nitrogen and oxygen atoms in total. The van der Waals surface area contributed by atoms with Gasteiger partial charge in [-0.25, -0.2) is 4.39 Å². The van der Waals surface area contributed by atoms with Crippen LogP contribution in [0, 0.1) is 5.82 Å². The maximum absolute atomic E-state index is 13.1. The molecule has 142 valence electrons. The van der Waals surface area contributed by atoms with Gasteiger partial charge in [0.05, 0.1) is 19.3 Å². The number of hydrogen-bond donors (Lipinski definition) is 1. The van der Waals surface area contributed by atoms with Gasteiger partial charge in [-0.05, 0) is 30.5 Å². The zero-order valence-electron chi connectivity index (χ0n) is 15.1. The lowest BCUT2D eigenvalue weighted by Gasteiger charge is -2.36. The molecule has 1 aromatic carbocycles. The summed E-state index contributed by atoms with van der Waals surface area (Å²) in [5.74, 6) is -0.241. The highest BCUT2D eigenvalue weighted by molar-refractivity contribution is 5.78. The number of hydrogen-bond acceptors (Lipinski definition) is 4. The van der Waals surface area contributed by atoms with Gasteiger partial charge in [0.1, 0.15) is 5.82 Å². The number of nitrogens with one attached hydrogen (secondary N) is 1. The molecule has 0 bridgehead atoms. The first-order valence-corrected chi connectivity index (χ1v) is 9.15. The Morgan fingerprint density at radius 2 is 2.00 bits per heavy atom. The molecule has 2 amide bonds. The van der Waals surface area contributed by atoms with Gasteiger partial charge in [0.25, 0.3) is 0 Å². The van der Waals surface area contributed by atoms with Crippen LogP contribution in [0.3, 0.4) is 0 Å². The van der Waals surface area contributed by atoms with Crippen LogP contribution >= 0.6 is 0 Å². The van der Waals surface area contributed by atoms with Gasteiger partial charge in [-0.2, -0.15) is 0 Å². The molecule has 0 saturated carbocycles. The quantitative estimate of drug-likeness (QED) is 0.877. The fraction of sp³-hybridized carbons (Fsp3) is 0.579. The second-order valence-electron chi connectivity index (χ2n) is 7.03. The molecule has 2 heterocycles. The van der Waals surface area contributed by atoms with Crippen LogP contribution in [-0.4, -0.2) is 67.0 Å². The van der Waals surface area contributed by atoms with Crippen molar-refractivity contribution in [3.05, 3.63) is 35.6 Å². The van der Waals surface area contributed by atoms with E-state index in [9.17, 15) is 14.0 Å². The lowest BCUT2D eigenvalue weighted by molar-refractivity contribution is -0.136. The van der Waals surface area contributed by atoms with E-state index in [1.54, 1.807) is 12.1 Å². The van der Waals surface area contributed by atoms with E-state index in [0.29, 0.717) is 32.8 Å². The first-order valence-electron chi connectivity index (χ1n) is 9.15. The predicted molar refractivity (Wildman–Crippen MR) is 95.0 cm³/mol. The van der Waals surface area contributed by atoms with E-state index < -0.39 is 0 Å². The van der Waals surface area contributed by atoms with Gasteiger partial charge >= 0.3 is 0 Å². The molecule has 7 heteroatoms. The molecule has 2 saturated heterocycles. The molecule has 0 radical (unpaired) electrons. The van der Waals surface area contributed by atoms with Crippen molar-refractivity contribution in [2.24, 2.45) is 0 Å². The lowest BCUT2D eigenvalue weighted by Crippen LogP contribution is -2.52. The fourth-order valence-corrected chi connectivity index (χ4v) is 3.63. The molecule has 2 aliphatic rings. The Kier molecular flexibility index (Phi) is 6.21. The van der Waals surface area contributed by atoms with Crippen LogP contribution in [0.5, 0.6) is 0 Å². The minimum Gasteiger partial charge on any atom is -0.371 e. The molecule has 0 spiro atoms. The highest BCUT2D eigenvalue weighted by Gasteiger charge is 2.28. The summed E-state index contributed by atoms with van der Waals surface area (Å²) < 4.78 is 18.9. The average Bonchev–Trinajstić information content (AvgIpc) is 2.62. The maximum atomic E-state index is 13.1. The summed E-state index contributed by atoms with van der Waals surface area (Å²) in [6, 6.07) is 6.36. The van der Waals surface area contributed by atoms with Crippen molar-refractivity contribution >= 4 is 11.8 Å². The smallest absolute Gasteiger partial charge is 0.236 e. The first kappa shape index (κ1) is 18.8. The monoisotopic (exact) mass is 363 g/mol. The van der Waals surface area contributed by atoms with Crippen LogP contribution in [-0.2, 0) is 14.3 Å². The van der Waals surface area contributed by atoms with Crippen LogP contribution in [0.4, 0.5) is 4.39 Å². The van der Waals surface area contributed by atoms with Gasteiger partial charge in [0.2, 0.25) is 11.8 Å². The first-order chi connectivity index (χ1) is 12.5. The Balaban J connectivity index is 1.53. The second-order valence-corrected chi connectivity index (χ2v) is 7.03. The molecule has 2 atom stereocenters. The van der Waals surface area contributed by atoms with E-state index in [2.05, 4.69) is 10.2 Å². The number of carbonyl (C=O) groups excluding carboxylic acids is 2. The number of likely N-dealkylation sites (tertiary alicyclic amines) is 1. The third-order valence-electron chi connectivity index (χ3n) is 4.93. The zero-order valence-corrected chi connectivity index (χ0v) is 15.1. The summed E-state index contributed by atoms with van der Waals surface area (Å²) in [5.41, 5.74) is 0.923. The highest BCUT2D eigenvalue weighted by atomic mass is 19.1.